The van der Waals surface area contributed by atoms with Gasteiger partial charge in [-0.05, 0) is 80.1 Å². The van der Waals surface area contributed by atoms with Gasteiger partial charge in [0.15, 0.2) is 0 Å². The maximum atomic E-state index is 14.0. The second kappa shape index (κ2) is 10.1. The van der Waals surface area contributed by atoms with Crippen LogP contribution in [0.5, 0.6) is 5.75 Å². The summed E-state index contributed by atoms with van der Waals surface area (Å²) in [7, 11) is 0. The number of fused-ring (bicyclic) bond motifs is 1. The molecule has 2 aromatic rings. The summed E-state index contributed by atoms with van der Waals surface area (Å²) in [6, 6.07) is 8.47. The summed E-state index contributed by atoms with van der Waals surface area (Å²) in [5.74, 6) is -2.41. The number of aliphatic carboxylic acids is 1. The minimum Gasteiger partial charge on any atom is -0.490 e. The van der Waals surface area contributed by atoms with E-state index in [4.69, 9.17) is 9.84 Å². The van der Waals surface area contributed by atoms with Crippen molar-refractivity contribution in [3.63, 3.8) is 0 Å². The molecule has 186 valence electrons. The van der Waals surface area contributed by atoms with E-state index >= 15 is 0 Å². The number of likely N-dealkylation sites (tertiary alicyclic amines) is 1. The van der Waals surface area contributed by atoms with Gasteiger partial charge in [-0.15, -0.1) is 0 Å². The predicted octanol–water partition coefficient (Wildman–Crippen LogP) is 6.57. The number of hydrogen-bond acceptors (Lipinski definition) is 3. The lowest BCUT2D eigenvalue weighted by Gasteiger charge is -2.31. The Labute approximate surface area is 194 Å². The van der Waals surface area contributed by atoms with Gasteiger partial charge >= 0.3 is 12.1 Å². The Kier molecular flexibility index (Phi) is 7.31. The van der Waals surface area contributed by atoms with E-state index in [1.54, 1.807) is 18.2 Å². The van der Waals surface area contributed by atoms with E-state index in [2.05, 4.69) is 4.90 Å². The first-order valence-electron chi connectivity index (χ1n) is 11.6. The summed E-state index contributed by atoms with van der Waals surface area (Å²) in [5, 5.41) is 10.1. The van der Waals surface area contributed by atoms with E-state index in [0.29, 0.717) is 43.2 Å². The van der Waals surface area contributed by atoms with Crippen LogP contribution in [0.3, 0.4) is 0 Å². The monoisotopic (exact) mass is 485 g/mol. The van der Waals surface area contributed by atoms with Crippen molar-refractivity contribution in [3.05, 3.63) is 41.5 Å². The third-order valence-electron chi connectivity index (χ3n) is 7.08. The average molecular weight is 485 g/mol. The third-order valence-corrected chi connectivity index (χ3v) is 7.08. The number of halogens is 5. The SMILES string of the molecule is O=C(O)C1CCN(Cc2ccc3c(C(F)F)c(OC4CCC(C(F)(F)F)CC4)ccc3c2)CC1. The molecule has 1 aliphatic heterocycles. The maximum Gasteiger partial charge on any atom is 0.391 e. The summed E-state index contributed by atoms with van der Waals surface area (Å²) < 4.78 is 72.5. The number of ether oxygens (including phenoxy) is 1. The summed E-state index contributed by atoms with van der Waals surface area (Å²) in [6.45, 7) is 1.94. The van der Waals surface area contributed by atoms with Crippen LogP contribution in [0, 0.1) is 11.8 Å². The van der Waals surface area contributed by atoms with Gasteiger partial charge in [0, 0.05) is 6.54 Å². The van der Waals surface area contributed by atoms with E-state index < -0.39 is 30.6 Å². The summed E-state index contributed by atoms with van der Waals surface area (Å²) >= 11 is 0. The molecular formula is C25H28F5NO3. The van der Waals surface area contributed by atoms with Gasteiger partial charge in [-0.3, -0.25) is 9.69 Å². The van der Waals surface area contributed by atoms with Crippen LogP contribution in [0.25, 0.3) is 10.8 Å². The molecule has 4 nitrogen and oxygen atoms in total. The number of nitrogens with zero attached hydrogens (tertiary/aromatic N) is 1. The van der Waals surface area contributed by atoms with Gasteiger partial charge in [-0.2, -0.15) is 13.2 Å². The second-order valence-electron chi connectivity index (χ2n) is 9.36. The first-order valence-corrected chi connectivity index (χ1v) is 11.6. The van der Waals surface area contributed by atoms with Crippen molar-refractivity contribution in [2.45, 2.75) is 63.8 Å². The molecule has 0 bridgehead atoms. The smallest absolute Gasteiger partial charge is 0.391 e. The van der Waals surface area contributed by atoms with Crippen LogP contribution < -0.4 is 4.74 Å². The number of piperidine rings is 1. The Morgan fingerprint density at radius 1 is 1.03 bits per heavy atom. The number of carboxylic acids is 1. The Bertz CT molecular complexity index is 1010. The molecule has 1 saturated heterocycles. The number of hydrogen-bond donors (Lipinski definition) is 1. The van der Waals surface area contributed by atoms with Gasteiger partial charge in [0.05, 0.1) is 23.5 Å². The molecule has 0 atom stereocenters. The van der Waals surface area contributed by atoms with Crippen LogP contribution in [-0.2, 0) is 11.3 Å². The molecule has 0 radical (unpaired) electrons. The molecular weight excluding hydrogens is 457 g/mol. The lowest BCUT2D eigenvalue weighted by atomic mass is 9.87. The van der Waals surface area contributed by atoms with E-state index in [1.807, 2.05) is 6.07 Å². The van der Waals surface area contributed by atoms with Gasteiger partial charge in [0.1, 0.15) is 5.75 Å². The maximum absolute atomic E-state index is 14.0. The molecule has 9 heteroatoms. The molecule has 0 amide bonds. The van der Waals surface area contributed by atoms with Crippen LogP contribution in [0.1, 0.15) is 56.1 Å². The van der Waals surface area contributed by atoms with Crippen LogP contribution in [0.4, 0.5) is 22.0 Å². The molecule has 2 aromatic carbocycles. The lowest BCUT2D eigenvalue weighted by molar-refractivity contribution is -0.185. The number of carbonyl (C=O) groups is 1. The molecule has 0 spiro atoms. The highest BCUT2D eigenvalue weighted by Crippen LogP contribution is 2.41. The standard InChI is InChI=1S/C25H28F5NO3/c26-23(27)22-20-7-1-15(14-31-11-9-16(10-12-31)24(32)33)13-17(20)2-8-21(22)34-19-5-3-18(4-6-19)25(28,29)30/h1-2,7-8,13,16,18-19,23H,3-6,9-12,14H2,(H,32,33). The molecule has 2 fully saturated rings. The lowest BCUT2D eigenvalue weighted by Crippen LogP contribution is -2.35. The van der Waals surface area contributed by atoms with Crippen molar-refractivity contribution in [1.82, 2.24) is 4.90 Å². The fourth-order valence-corrected chi connectivity index (χ4v) is 5.09. The van der Waals surface area contributed by atoms with Crippen LogP contribution in [0.2, 0.25) is 0 Å². The highest BCUT2D eigenvalue weighted by Gasteiger charge is 2.42. The zero-order valence-corrected chi connectivity index (χ0v) is 18.7. The van der Waals surface area contributed by atoms with E-state index in [9.17, 15) is 26.7 Å². The zero-order chi connectivity index (χ0) is 24.5. The minimum atomic E-state index is -4.23. The number of rotatable bonds is 6. The zero-order valence-electron chi connectivity index (χ0n) is 18.7. The topological polar surface area (TPSA) is 49.8 Å². The molecule has 1 aliphatic carbocycles. The largest absolute Gasteiger partial charge is 0.490 e. The first kappa shape index (κ1) is 24.7. The first-order chi connectivity index (χ1) is 16.1. The summed E-state index contributed by atoms with van der Waals surface area (Å²) in [4.78, 5) is 13.3. The van der Waals surface area contributed by atoms with Crippen LogP contribution in [0.15, 0.2) is 30.3 Å². The molecule has 1 heterocycles. The van der Waals surface area contributed by atoms with Crippen molar-refractivity contribution < 1.29 is 36.6 Å². The van der Waals surface area contributed by atoms with E-state index in [-0.39, 0.29) is 42.9 Å². The Balaban J connectivity index is 1.47. The second-order valence-corrected chi connectivity index (χ2v) is 9.36. The molecule has 0 unspecified atom stereocenters. The van der Waals surface area contributed by atoms with Gasteiger partial charge in [-0.25, -0.2) is 8.78 Å². The minimum absolute atomic E-state index is 0.0291. The van der Waals surface area contributed by atoms with Crippen LogP contribution in [-0.4, -0.2) is 41.3 Å². The van der Waals surface area contributed by atoms with Crippen molar-refractivity contribution in [2.24, 2.45) is 11.8 Å². The highest BCUT2D eigenvalue weighted by atomic mass is 19.4. The van der Waals surface area contributed by atoms with Crippen molar-refractivity contribution in [3.8, 4) is 5.75 Å². The number of benzene rings is 2. The van der Waals surface area contributed by atoms with Gasteiger partial charge in [0.2, 0.25) is 0 Å². The number of alkyl halides is 5. The fourth-order valence-electron chi connectivity index (χ4n) is 5.09. The van der Waals surface area contributed by atoms with E-state index in [0.717, 1.165) is 5.56 Å². The van der Waals surface area contributed by atoms with Crippen molar-refractivity contribution in [1.29, 1.82) is 0 Å². The quantitative estimate of drug-likeness (QED) is 0.470. The molecule has 1 saturated carbocycles. The molecule has 34 heavy (non-hydrogen) atoms. The summed E-state index contributed by atoms with van der Waals surface area (Å²) in [5.41, 5.74) is 0.713. The third kappa shape index (κ3) is 5.62. The van der Waals surface area contributed by atoms with Gasteiger partial charge in [-0.1, -0.05) is 18.2 Å². The molecule has 4 rings (SSSR count). The highest BCUT2D eigenvalue weighted by molar-refractivity contribution is 5.88. The van der Waals surface area contributed by atoms with E-state index in [1.165, 1.54) is 6.07 Å². The van der Waals surface area contributed by atoms with Crippen LogP contribution >= 0.6 is 0 Å². The molecule has 0 aromatic heterocycles. The van der Waals surface area contributed by atoms with Crippen molar-refractivity contribution >= 4 is 16.7 Å². The Hall–Kier alpha value is -2.42. The van der Waals surface area contributed by atoms with Gasteiger partial charge < -0.3 is 9.84 Å². The average Bonchev–Trinajstić information content (AvgIpc) is 2.79. The number of carboxylic acid groups (broad SMARTS) is 1. The summed E-state index contributed by atoms with van der Waals surface area (Å²) in [6.07, 6.45) is -6.10. The molecule has 2 aliphatic rings. The normalized spacial score (nSPS) is 22.9. The Morgan fingerprint density at radius 2 is 1.71 bits per heavy atom. The fraction of sp³-hybridized carbons (Fsp3) is 0.560. The van der Waals surface area contributed by atoms with Gasteiger partial charge in [0.25, 0.3) is 6.43 Å². The van der Waals surface area contributed by atoms with Crippen molar-refractivity contribution in [2.75, 3.05) is 13.1 Å². The predicted molar refractivity (Wildman–Crippen MR) is 117 cm³/mol. The Morgan fingerprint density at radius 3 is 2.29 bits per heavy atom. The molecule has 1 N–H and O–H groups in total.